The van der Waals surface area contributed by atoms with Crippen LogP contribution < -0.4 is 15.2 Å². The second-order valence-electron chi connectivity index (χ2n) is 4.29. The van der Waals surface area contributed by atoms with Gasteiger partial charge in [0.15, 0.2) is 17.3 Å². The molecule has 0 saturated heterocycles. The number of methoxy groups -OCH3 is 2. The number of hydrogen-bond donors (Lipinski definition) is 1. The fourth-order valence-electron chi connectivity index (χ4n) is 1.93. The molecular formula is C15H13F2NO3. The van der Waals surface area contributed by atoms with E-state index in [0.29, 0.717) is 0 Å². The Labute approximate surface area is 120 Å². The van der Waals surface area contributed by atoms with Crippen molar-refractivity contribution in [3.05, 3.63) is 53.1 Å². The summed E-state index contributed by atoms with van der Waals surface area (Å²) >= 11 is 0. The Morgan fingerprint density at radius 2 is 1.62 bits per heavy atom. The lowest BCUT2D eigenvalue weighted by atomic mass is 10.0. The first-order chi connectivity index (χ1) is 9.96. The van der Waals surface area contributed by atoms with Crippen molar-refractivity contribution >= 4 is 11.5 Å². The van der Waals surface area contributed by atoms with Crippen LogP contribution in [0, 0.1) is 11.6 Å². The SMILES string of the molecule is COc1cc(F)c(C(=O)c2cc(N)cc(F)c2)cc1OC. The number of carbonyl (C=O) groups is 1. The molecule has 2 N–H and O–H groups in total. The molecule has 0 aliphatic heterocycles. The summed E-state index contributed by atoms with van der Waals surface area (Å²) in [5.74, 6) is -1.80. The lowest BCUT2D eigenvalue weighted by molar-refractivity contribution is 0.103. The Bertz CT molecular complexity index is 681. The smallest absolute Gasteiger partial charge is 0.196 e. The number of rotatable bonds is 4. The Morgan fingerprint density at radius 1 is 1.00 bits per heavy atom. The van der Waals surface area contributed by atoms with Gasteiger partial charge in [0.2, 0.25) is 0 Å². The van der Waals surface area contributed by atoms with Gasteiger partial charge in [0.1, 0.15) is 11.6 Å². The number of nitrogen functional groups attached to an aromatic ring is 1. The number of ketones is 1. The van der Waals surface area contributed by atoms with Crippen LogP contribution in [0.5, 0.6) is 11.5 Å². The van der Waals surface area contributed by atoms with Gasteiger partial charge in [0.05, 0.1) is 19.8 Å². The number of carbonyl (C=O) groups excluding carboxylic acids is 1. The molecule has 4 nitrogen and oxygen atoms in total. The first kappa shape index (κ1) is 14.8. The van der Waals surface area contributed by atoms with Crippen LogP contribution in [-0.2, 0) is 0 Å². The minimum atomic E-state index is -0.791. The molecule has 0 unspecified atom stereocenters. The van der Waals surface area contributed by atoms with E-state index in [2.05, 4.69) is 0 Å². The average molecular weight is 293 g/mol. The molecule has 0 amide bonds. The van der Waals surface area contributed by atoms with Crippen molar-refractivity contribution < 1.29 is 23.0 Å². The van der Waals surface area contributed by atoms with Crippen molar-refractivity contribution in [2.45, 2.75) is 0 Å². The summed E-state index contributed by atoms with van der Waals surface area (Å²) < 4.78 is 37.3. The Hall–Kier alpha value is -2.63. The van der Waals surface area contributed by atoms with Gasteiger partial charge < -0.3 is 15.2 Å². The van der Waals surface area contributed by atoms with Crippen molar-refractivity contribution in [1.82, 2.24) is 0 Å². The molecule has 0 atom stereocenters. The molecule has 0 bridgehead atoms. The minimum Gasteiger partial charge on any atom is -0.493 e. The van der Waals surface area contributed by atoms with Crippen molar-refractivity contribution in [3.8, 4) is 11.5 Å². The van der Waals surface area contributed by atoms with Gasteiger partial charge in [-0.05, 0) is 24.3 Å². The third-order valence-corrected chi connectivity index (χ3v) is 2.90. The third kappa shape index (κ3) is 2.94. The molecule has 6 heteroatoms. The van der Waals surface area contributed by atoms with Crippen LogP contribution in [0.2, 0.25) is 0 Å². The highest BCUT2D eigenvalue weighted by molar-refractivity contribution is 6.10. The van der Waals surface area contributed by atoms with E-state index in [1.54, 1.807) is 0 Å². The monoisotopic (exact) mass is 293 g/mol. The molecule has 110 valence electrons. The molecule has 2 aromatic rings. The van der Waals surface area contributed by atoms with Gasteiger partial charge in [0.25, 0.3) is 0 Å². The number of nitrogens with two attached hydrogens (primary N) is 1. The van der Waals surface area contributed by atoms with Crippen molar-refractivity contribution in [1.29, 1.82) is 0 Å². The summed E-state index contributed by atoms with van der Waals surface area (Å²) in [5, 5.41) is 0. The Morgan fingerprint density at radius 3 is 2.19 bits per heavy atom. The molecule has 0 fully saturated rings. The fraction of sp³-hybridized carbons (Fsp3) is 0.133. The second-order valence-corrected chi connectivity index (χ2v) is 4.29. The van der Waals surface area contributed by atoms with Gasteiger partial charge in [-0.15, -0.1) is 0 Å². The van der Waals surface area contributed by atoms with Gasteiger partial charge in [0, 0.05) is 17.3 Å². The molecule has 0 aliphatic carbocycles. The highest BCUT2D eigenvalue weighted by Gasteiger charge is 2.19. The average Bonchev–Trinajstić information content (AvgIpc) is 2.45. The molecular weight excluding hydrogens is 280 g/mol. The van der Waals surface area contributed by atoms with E-state index in [9.17, 15) is 13.6 Å². The van der Waals surface area contributed by atoms with Crippen LogP contribution in [0.15, 0.2) is 30.3 Å². The van der Waals surface area contributed by atoms with Crippen molar-refractivity contribution in [2.24, 2.45) is 0 Å². The standard InChI is InChI=1S/C15H13F2NO3/c1-20-13-6-11(12(17)7-14(13)21-2)15(19)8-3-9(16)5-10(18)4-8/h3-7H,18H2,1-2H3. The summed E-state index contributed by atoms with van der Waals surface area (Å²) in [6.45, 7) is 0. The van der Waals surface area contributed by atoms with E-state index in [0.717, 1.165) is 18.2 Å². The normalized spacial score (nSPS) is 10.3. The first-order valence-electron chi connectivity index (χ1n) is 5.98. The molecule has 0 heterocycles. The Kier molecular flexibility index (Phi) is 4.07. The van der Waals surface area contributed by atoms with Crippen LogP contribution in [0.3, 0.4) is 0 Å². The molecule has 0 saturated carbocycles. The predicted octanol–water partition coefficient (Wildman–Crippen LogP) is 2.80. The molecule has 2 aromatic carbocycles. The van der Waals surface area contributed by atoms with Crippen molar-refractivity contribution in [3.63, 3.8) is 0 Å². The number of halogens is 2. The summed E-state index contributed by atoms with van der Waals surface area (Å²) in [7, 11) is 2.72. The number of benzene rings is 2. The molecule has 0 spiro atoms. The van der Waals surface area contributed by atoms with Gasteiger partial charge >= 0.3 is 0 Å². The van der Waals surface area contributed by atoms with Crippen molar-refractivity contribution in [2.75, 3.05) is 20.0 Å². The number of anilines is 1. The van der Waals surface area contributed by atoms with E-state index < -0.39 is 17.4 Å². The van der Waals surface area contributed by atoms with Gasteiger partial charge in [-0.1, -0.05) is 0 Å². The van der Waals surface area contributed by atoms with Crippen LogP contribution in [0.25, 0.3) is 0 Å². The molecule has 2 rings (SSSR count). The van der Waals surface area contributed by atoms with E-state index >= 15 is 0 Å². The first-order valence-corrected chi connectivity index (χ1v) is 5.98. The van der Waals surface area contributed by atoms with Crippen LogP contribution in [-0.4, -0.2) is 20.0 Å². The maximum atomic E-state index is 14.0. The maximum absolute atomic E-state index is 14.0. The summed E-state index contributed by atoms with van der Waals surface area (Å²) in [6, 6.07) is 5.59. The van der Waals surface area contributed by atoms with E-state index in [1.165, 1.54) is 26.4 Å². The summed E-state index contributed by atoms with van der Waals surface area (Å²) in [4.78, 5) is 12.3. The topological polar surface area (TPSA) is 61.5 Å². The number of ether oxygens (including phenoxy) is 2. The fourth-order valence-corrected chi connectivity index (χ4v) is 1.93. The quantitative estimate of drug-likeness (QED) is 0.695. The predicted molar refractivity (Wildman–Crippen MR) is 73.7 cm³/mol. The Balaban J connectivity index is 2.52. The van der Waals surface area contributed by atoms with Crippen LogP contribution in [0.4, 0.5) is 14.5 Å². The van der Waals surface area contributed by atoms with Gasteiger partial charge in [-0.25, -0.2) is 8.78 Å². The second kappa shape index (κ2) is 5.78. The largest absolute Gasteiger partial charge is 0.493 e. The zero-order chi connectivity index (χ0) is 15.6. The molecule has 0 aromatic heterocycles. The van der Waals surface area contributed by atoms with Crippen LogP contribution in [0.1, 0.15) is 15.9 Å². The molecule has 0 aliphatic rings. The highest BCUT2D eigenvalue weighted by Crippen LogP contribution is 2.31. The highest BCUT2D eigenvalue weighted by atomic mass is 19.1. The minimum absolute atomic E-state index is 0.0429. The zero-order valence-electron chi connectivity index (χ0n) is 11.4. The van der Waals surface area contributed by atoms with Gasteiger partial charge in [-0.3, -0.25) is 4.79 Å². The lowest BCUT2D eigenvalue weighted by Crippen LogP contribution is -2.07. The van der Waals surface area contributed by atoms with Gasteiger partial charge in [-0.2, -0.15) is 0 Å². The summed E-state index contributed by atoms with van der Waals surface area (Å²) in [5.41, 5.74) is 5.27. The van der Waals surface area contributed by atoms with Crippen LogP contribution >= 0.6 is 0 Å². The van der Waals surface area contributed by atoms with E-state index in [4.69, 9.17) is 15.2 Å². The lowest BCUT2D eigenvalue weighted by Gasteiger charge is -2.10. The molecule has 21 heavy (non-hydrogen) atoms. The van der Waals surface area contributed by atoms with E-state index in [1.807, 2.05) is 0 Å². The maximum Gasteiger partial charge on any atom is 0.196 e. The van der Waals surface area contributed by atoms with E-state index in [-0.39, 0.29) is 28.3 Å². The summed E-state index contributed by atoms with van der Waals surface area (Å²) in [6.07, 6.45) is 0. The third-order valence-electron chi connectivity index (χ3n) is 2.90. The number of hydrogen-bond acceptors (Lipinski definition) is 4. The molecule has 0 radical (unpaired) electrons. The zero-order valence-corrected chi connectivity index (χ0v) is 11.4.